The van der Waals surface area contributed by atoms with E-state index in [1.54, 1.807) is 4.90 Å². The van der Waals surface area contributed by atoms with Gasteiger partial charge in [0.05, 0.1) is 0 Å². The molecule has 5 nitrogen and oxygen atoms in total. The largest absolute Gasteiger partial charge is 0.479 e. The van der Waals surface area contributed by atoms with Gasteiger partial charge in [0.1, 0.15) is 5.54 Å². The Morgan fingerprint density at radius 3 is 2.63 bits per heavy atom. The Hall–Kier alpha value is -1.10. The minimum absolute atomic E-state index is 0.0247. The summed E-state index contributed by atoms with van der Waals surface area (Å²) in [5.41, 5.74) is -0.954. The van der Waals surface area contributed by atoms with Crippen LogP contribution < -0.4 is 0 Å². The zero-order valence-corrected chi connectivity index (χ0v) is 11.6. The lowest BCUT2D eigenvalue weighted by atomic mass is 9.88. The van der Waals surface area contributed by atoms with Gasteiger partial charge in [-0.3, -0.25) is 4.79 Å². The van der Waals surface area contributed by atoms with Gasteiger partial charge in [-0.15, -0.1) is 0 Å². The first-order chi connectivity index (χ1) is 9.12. The van der Waals surface area contributed by atoms with Gasteiger partial charge in [0, 0.05) is 25.7 Å². The van der Waals surface area contributed by atoms with Crippen molar-refractivity contribution in [2.75, 3.05) is 19.8 Å². The second-order valence-corrected chi connectivity index (χ2v) is 5.57. The number of aliphatic carboxylic acids is 1. The number of amides is 1. The van der Waals surface area contributed by atoms with Crippen molar-refractivity contribution in [3.63, 3.8) is 0 Å². The van der Waals surface area contributed by atoms with Crippen molar-refractivity contribution in [2.45, 2.75) is 51.0 Å². The fraction of sp³-hybridized carbons (Fsp3) is 0.857. The SMILES string of the molecule is CCCC1(C(=O)O)CCCN1C(=O)C1CCOCC1. The maximum atomic E-state index is 12.6. The molecule has 0 spiro atoms. The summed E-state index contributed by atoms with van der Waals surface area (Å²) in [6, 6.07) is 0. The number of carbonyl (C=O) groups is 2. The van der Waals surface area contributed by atoms with Crippen LogP contribution in [0.2, 0.25) is 0 Å². The number of carboxylic acids is 1. The van der Waals surface area contributed by atoms with Crippen LogP contribution in [0, 0.1) is 5.92 Å². The molecule has 0 aromatic carbocycles. The lowest BCUT2D eigenvalue weighted by Crippen LogP contribution is -2.55. The Bertz CT molecular complexity index is 351. The molecule has 2 rings (SSSR count). The highest BCUT2D eigenvalue weighted by Gasteiger charge is 2.50. The van der Waals surface area contributed by atoms with Crippen LogP contribution >= 0.6 is 0 Å². The molecule has 1 atom stereocenters. The van der Waals surface area contributed by atoms with Crippen LogP contribution in [0.4, 0.5) is 0 Å². The molecule has 2 saturated heterocycles. The zero-order chi connectivity index (χ0) is 13.9. The van der Waals surface area contributed by atoms with Crippen LogP contribution in [-0.2, 0) is 14.3 Å². The second-order valence-electron chi connectivity index (χ2n) is 5.57. The Morgan fingerprint density at radius 1 is 1.37 bits per heavy atom. The van der Waals surface area contributed by atoms with E-state index in [1.165, 1.54) is 0 Å². The van der Waals surface area contributed by atoms with Crippen molar-refractivity contribution in [2.24, 2.45) is 5.92 Å². The van der Waals surface area contributed by atoms with Gasteiger partial charge in [-0.25, -0.2) is 4.79 Å². The highest BCUT2D eigenvalue weighted by molar-refractivity contribution is 5.88. The average Bonchev–Trinajstić information content (AvgIpc) is 2.84. The number of carbonyl (C=O) groups excluding carboxylic acids is 1. The predicted octanol–water partition coefficient (Wildman–Crippen LogP) is 1.66. The highest BCUT2D eigenvalue weighted by atomic mass is 16.5. The number of rotatable bonds is 4. The molecule has 5 heteroatoms. The molecule has 2 aliphatic rings. The minimum atomic E-state index is -0.954. The third kappa shape index (κ3) is 2.61. The molecule has 0 radical (unpaired) electrons. The van der Waals surface area contributed by atoms with E-state index < -0.39 is 11.5 Å². The summed E-state index contributed by atoms with van der Waals surface area (Å²) in [5, 5.41) is 9.59. The Labute approximate surface area is 113 Å². The molecular formula is C14H23NO4. The predicted molar refractivity (Wildman–Crippen MR) is 69.8 cm³/mol. The molecular weight excluding hydrogens is 246 g/mol. The molecule has 108 valence electrons. The number of carboxylic acid groups (broad SMARTS) is 1. The lowest BCUT2D eigenvalue weighted by molar-refractivity contribution is -0.160. The first-order valence-corrected chi connectivity index (χ1v) is 7.24. The molecule has 0 saturated carbocycles. The number of nitrogens with zero attached hydrogens (tertiary/aromatic N) is 1. The van der Waals surface area contributed by atoms with E-state index in [0.29, 0.717) is 32.6 Å². The van der Waals surface area contributed by atoms with Gasteiger partial charge in [-0.1, -0.05) is 13.3 Å². The van der Waals surface area contributed by atoms with Crippen molar-refractivity contribution in [1.29, 1.82) is 0 Å². The summed E-state index contributed by atoms with van der Waals surface area (Å²) in [4.78, 5) is 25.9. The van der Waals surface area contributed by atoms with Gasteiger partial charge in [-0.2, -0.15) is 0 Å². The van der Waals surface area contributed by atoms with Crippen LogP contribution in [0.5, 0.6) is 0 Å². The number of likely N-dealkylation sites (tertiary alicyclic amines) is 1. The van der Waals surface area contributed by atoms with Crippen LogP contribution in [0.15, 0.2) is 0 Å². The first kappa shape index (κ1) is 14.3. The van der Waals surface area contributed by atoms with Gasteiger partial charge < -0.3 is 14.7 Å². The third-order valence-corrected chi connectivity index (χ3v) is 4.39. The standard InChI is InChI=1S/C14H23NO4/c1-2-6-14(13(17)18)7-3-8-15(14)12(16)11-4-9-19-10-5-11/h11H,2-10H2,1H3,(H,17,18). The van der Waals surface area contributed by atoms with Crippen molar-refractivity contribution in [3.05, 3.63) is 0 Å². The van der Waals surface area contributed by atoms with Crippen LogP contribution in [0.1, 0.15) is 45.4 Å². The monoisotopic (exact) mass is 269 g/mol. The first-order valence-electron chi connectivity index (χ1n) is 7.24. The van der Waals surface area contributed by atoms with Crippen LogP contribution in [0.25, 0.3) is 0 Å². The molecule has 0 aromatic rings. The highest BCUT2D eigenvalue weighted by Crippen LogP contribution is 2.36. The molecule has 1 amide bonds. The lowest BCUT2D eigenvalue weighted by Gasteiger charge is -2.37. The molecule has 1 N–H and O–H groups in total. The second kappa shape index (κ2) is 5.90. The van der Waals surface area contributed by atoms with E-state index in [1.807, 2.05) is 6.92 Å². The summed E-state index contributed by atoms with van der Waals surface area (Å²) in [7, 11) is 0. The van der Waals surface area contributed by atoms with E-state index in [4.69, 9.17) is 4.74 Å². The summed E-state index contributed by atoms with van der Waals surface area (Å²) < 4.78 is 5.27. The Balaban J connectivity index is 2.16. The number of hydrogen-bond acceptors (Lipinski definition) is 3. The van der Waals surface area contributed by atoms with Crippen LogP contribution in [-0.4, -0.2) is 47.2 Å². The van der Waals surface area contributed by atoms with Gasteiger partial charge >= 0.3 is 5.97 Å². The quantitative estimate of drug-likeness (QED) is 0.843. The molecule has 2 fully saturated rings. The van der Waals surface area contributed by atoms with Gasteiger partial charge in [0.15, 0.2) is 0 Å². The van der Waals surface area contributed by atoms with E-state index >= 15 is 0 Å². The molecule has 2 aliphatic heterocycles. The van der Waals surface area contributed by atoms with Crippen molar-refractivity contribution in [3.8, 4) is 0 Å². The number of hydrogen-bond donors (Lipinski definition) is 1. The van der Waals surface area contributed by atoms with Gasteiger partial charge in [-0.05, 0) is 32.1 Å². The summed E-state index contributed by atoms with van der Waals surface area (Å²) >= 11 is 0. The molecule has 0 aromatic heterocycles. The third-order valence-electron chi connectivity index (χ3n) is 4.39. The molecule has 2 heterocycles. The van der Waals surface area contributed by atoms with E-state index in [2.05, 4.69) is 0 Å². The van der Waals surface area contributed by atoms with Crippen molar-refractivity contribution in [1.82, 2.24) is 4.90 Å². The smallest absolute Gasteiger partial charge is 0.329 e. The average molecular weight is 269 g/mol. The molecule has 0 aliphatic carbocycles. The molecule has 1 unspecified atom stereocenters. The maximum absolute atomic E-state index is 12.6. The normalized spacial score (nSPS) is 28.6. The number of ether oxygens (including phenoxy) is 1. The fourth-order valence-electron chi connectivity index (χ4n) is 3.37. The fourth-order valence-corrected chi connectivity index (χ4v) is 3.37. The molecule has 0 bridgehead atoms. The maximum Gasteiger partial charge on any atom is 0.329 e. The van der Waals surface area contributed by atoms with E-state index in [9.17, 15) is 14.7 Å². The van der Waals surface area contributed by atoms with E-state index in [0.717, 1.165) is 25.7 Å². The summed E-state index contributed by atoms with van der Waals surface area (Å²) in [5.74, 6) is -0.869. The van der Waals surface area contributed by atoms with Gasteiger partial charge in [0.25, 0.3) is 0 Å². The van der Waals surface area contributed by atoms with Gasteiger partial charge in [0.2, 0.25) is 5.91 Å². The van der Waals surface area contributed by atoms with Crippen LogP contribution in [0.3, 0.4) is 0 Å². The summed E-state index contributed by atoms with van der Waals surface area (Å²) in [6.45, 7) is 3.78. The Morgan fingerprint density at radius 2 is 2.05 bits per heavy atom. The zero-order valence-electron chi connectivity index (χ0n) is 11.6. The molecule has 19 heavy (non-hydrogen) atoms. The topological polar surface area (TPSA) is 66.8 Å². The van der Waals surface area contributed by atoms with Crippen molar-refractivity contribution < 1.29 is 19.4 Å². The van der Waals surface area contributed by atoms with Crippen molar-refractivity contribution >= 4 is 11.9 Å². The minimum Gasteiger partial charge on any atom is -0.479 e. The summed E-state index contributed by atoms with van der Waals surface area (Å²) in [6.07, 6.45) is 4.15. The Kier molecular flexibility index (Phi) is 4.45. The van der Waals surface area contributed by atoms with E-state index in [-0.39, 0.29) is 11.8 Å².